The Morgan fingerprint density at radius 1 is 1.35 bits per heavy atom. The van der Waals surface area contributed by atoms with E-state index in [0.29, 0.717) is 24.9 Å². The molecule has 0 saturated heterocycles. The first kappa shape index (κ1) is 12.0. The quantitative estimate of drug-likeness (QED) is 0.851. The highest BCUT2D eigenvalue weighted by molar-refractivity contribution is 5.67. The van der Waals surface area contributed by atoms with Gasteiger partial charge in [0, 0.05) is 6.42 Å². The van der Waals surface area contributed by atoms with E-state index in [1.807, 2.05) is 19.1 Å². The van der Waals surface area contributed by atoms with Crippen LogP contribution in [0.2, 0.25) is 0 Å². The first-order valence-corrected chi connectivity index (χ1v) is 6.13. The van der Waals surface area contributed by atoms with E-state index in [1.54, 1.807) is 0 Å². The van der Waals surface area contributed by atoms with Crippen molar-refractivity contribution in [1.29, 1.82) is 0 Å². The summed E-state index contributed by atoms with van der Waals surface area (Å²) in [6, 6.07) is 8.16. The normalized spacial score (nSPS) is 22.9. The Kier molecular flexibility index (Phi) is 3.67. The topological polar surface area (TPSA) is 46.5 Å². The molecular formula is C14H18O3. The molecule has 1 aliphatic rings. The summed E-state index contributed by atoms with van der Waals surface area (Å²) in [6.45, 7) is 2.65. The fourth-order valence-corrected chi connectivity index (χ4v) is 2.42. The van der Waals surface area contributed by atoms with E-state index >= 15 is 0 Å². The Bertz CT molecular complexity index is 377. The number of hydrogen-bond donors (Lipinski definition) is 1. The Morgan fingerprint density at radius 3 is 2.53 bits per heavy atom. The fourth-order valence-electron chi connectivity index (χ4n) is 2.42. The zero-order valence-corrected chi connectivity index (χ0v) is 10.1. The first-order valence-electron chi connectivity index (χ1n) is 6.13. The molecule has 0 atom stereocenters. The van der Waals surface area contributed by atoms with Crippen LogP contribution in [0.4, 0.5) is 0 Å². The van der Waals surface area contributed by atoms with Gasteiger partial charge in [0.15, 0.2) is 0 Å². The molecule has 0 unspecified atom stereocenters. The third-order valence-corrected chi connectivity index (χ3v) is 3.36. The van der Waals surface area contributed by atoms with Gasteiger partial charge in [0.2, 0.25) is 0 Å². The van der Waals surface area contributed by atoms with Crippen molar-refractivity contribution in [3.05, 3.63) is 29.8 Å². The van der Waals surface area contributed by atoms with Crippen molar-refractivity contribution >= 4 is 5.97 Å². The minimum atomic E-state index is -0.680. The van der Waals surface area contributed by atoms with E-state index in [9.17, 15) is 4.79 Å². The van der Waals surface area contributed by atoms with Crippen LogP contribution in [0.3, 0.4) is 0 Å². The minimum absolute atomic E-state index is 0.313. The Labute approximate surface area is 101 Å². The van der Waals surface area contributed by atoms with Crippen LogP contribution in [0.15, 0.2) is 24.3 Å². The van der Waals surface area contributed by atoms with Crippen LogP contribution in [0.25, 0.3) is 0 Å². The minimum Gasteiger partial charge on any atom is -0.494 e. The monoisotopic (exact) mass is 234 g/mol. The molecule has 0 heterocycles. The van der Waals surface area contributed by atoms with Gasteiger partial charge in [0.1, 0.15) is 5.75 Å². The molecule has 92 valence electrons. The molecule has 0 aliphatic heterocycles. The summed E-state index contributed by atoms with van der Waals surface area (Å²) in [5.74, 6) is 1.12. The molecule has 1 fully saturated rings. The summed E-state index contributed by atoms with van der Waals surface area (Å²) < 4.78 is 5.39. The summed E-state index contributed by atoms with van der Waals surface area (Å²) in [6.07, 6.45) is 2.31. The van der Waals surface area contributed by atoms with Gasteiger partial charge in [0.25, 0.3) is 0 Å². The highest BCUT2D eigenvalue weighted by Gasteiger charge is 2.31. The van der Waals surface area contributed by atoms with Crippen molar-refractivity contribution in [2.24, 2.45) is 5.92 Å². The van der Waals surface area contributed by atoms with Crippen molar-refractivity contribution in [3.63, 3.8) is 0 Å². The lowest BCUT2D eigenvalue weighted by Crippen LogP contribution is -2.24. The van der Waals surface area contributed by atoms with E-state index in [2.05, 4.69) is 12.1 Å². The van der Waals surface area contributed by atoms with Gasteiger partial charge in [0.05, 0.1) is 6.61 Å². The van der Waals surface area contributed by atoms with Gasteiger partial charge in [-0.15, -0.1) is 0 Å². The van der Waals surface area contributed by atoms with Crippen molar-refractivity contribution in [1.82, 2.24) is 0 Å². The smallest absolute Gasteiger partial charge is 0.303 e. The molecule has 3 nitrogen and oxygen atoms in total. The molecule has 0 radical (unpaired) electrons. The molecule has 1 aromatic rings. The number of carboxylic acid groups (broad SMARTS) is 1. The molecule has 0 spiro atoms. The van der Waals surface area contributed by atoms with E-state index < -0.39 is 5.97 Å². The average molecular weight is 234 g/mol. The van der Waals surface area contributed by atoms with Gasteiger partial charge in [-0.25, -0.2) is 0 Å². The predicted molar refractivity (Wildman–Crippen MR) is 65.3 cm³/mol. The van der Waals surface area contributed by atoms with Gasteiger partial charge in [-0.2, -0.15) is 0 Å². The summed E-state index contributed by atoms with van der Waals surface area (Å²) >= 11 is 0. The van der Waals surface area contributed by atoms with E-state index in [4.69, 9.17) is 9.84 Å². The second-order valence-corrected chi connectivity index (χ2v) is 4.63. The molecule has 1 N–H and O–H groups in total. The lowest BCUT2D eigenvalue weighted by Gasteiger charge is -2.34. The maximum atomic E-state index is 10.5. The van der Waals surface area contributed by atoms with Crippen molar-refractivity contribution in [2.75, 3.05) is 6.61 Å². The number of hydrogen-bond acceptors (Lipinski definition) is 2. The van der Waals surface area contributed by atoms with Gasteiger partial charge in [-0.3, -0.25) is 4.79 Å². The maximum Gasteiger partial charge on any atom is 0.303 e. The summed E-state index contributed by atoms with van der Waals surface area (Å²) in [5, 5.41) is 8.68. The van der Waals surface area contributed by atoms with Crippen LogP contribution < -0.4 is 4.74 Å². The molecule has 0 amide bonds. The van der Waals surface area contributed by atoms with E-state index in [1.165, 1.54) is 5.56 Å². The maximum absolute atomic E-state index is 10.5. The number of carboxylic acids is 1. The molecule has 0 aromatic heterocycles. The van der Waals surface area contributed by atoms with Gasteiger partial charge >= 0.3 is 5.97 Å². The molecule has 17 heavy (non-hydrogen) atoms. The average Bonchev–Trinajstić information content (AvgIpc) is 2.24. The molecule has 0 bridgehead atoms. The van der Waals surface area contributed by atoms with Crippen molar-refractivity contribution in [2.45, 2.75) is 32.1 Å². The van der Waals surface area contributed by atoms with Gasteiger partial charge in [-0.1, -0.05) is 12.1 Å². The highest BCUT2D eigenvalue weighted by Crippen LogP contribution is 2.43. The van der Waals surface area contributed by atoms with Crippen LogP contribution in [-0.4, -0.2) is 17.7 Å². The Morgan fingerprint density at radius 2 is 2.00 bits per heavy atom. The fraction of sp³-hybridized carbons (Fsp3) is 0.500. The third-order valence-electron chi connectivity index (χ3n) is 3.36. The van der Waals surface area contributed by atoms with Crippen LogP contribution in [0, 0.1) is 5.92 Å². The summed E-state index contributed by atoms with van der Waals surface area (Å²) in [4.78, 5) is 10.5. The first-order chi connectivity index (χ1) is 8.19. The highest BCUT2D eigenvalue weighted by atomic mass is 16.5. The number of carbonyl (C=O) groups is 1. The molecule has 3 heteroatoms. The standard InChI is InChI=1S/C14H18O3/c1-2-17-13-5-3-11(4-6-13)12-7-10(8-12)9-14(15)16/h3-6,10,12H,2,7-9H2,1H3,(H,15,16). The largest absolute Gasteiger partial charge is 0.494 e. The lowest BCUT2D eigenvalue weighted by atomic mass is 9.70. The van der Waals surface area contributed by atoms with Crippen molar-refractivity contribution in [3.8, 4) is 5.75 Å². The van der Waals surface area contributed by atoms with Crippen molar-refractivity contribution < 1.29 is 14.6 Å². The Hall–Kier alpha value is -1.51. The number of rotatable bonds is 5. The molecular weight excluding hydrogens is 216 g/mol. The third kappa shape index (κ3) is 2.99. The van der Waals surface area contributed by atoms with Crippen LogP contribution >= 0.6 is 0 Å². The molecule has 1 saturated carbocycles. The zero-order chi connectivity index (χ0) is 12.3. The van der Waals surface area contributed by atoms with Gasteiger partial charge < -0.3 is 9.84 Å². The molecule has 1 aromatic carbocycles. The second kappa shape index (κ2) is 5.21. The number of ether oxygens (including phenoxy) is 1. The van der Waals surface area contributed by atoms with E-state index in [-0.39, 0.29) is 0 Å². The second-order valence-electron chi connectivity index (χ2n) is 4.63. The predicted octanol–water partition coefficient (Wildman–Crippen LogP) is 3.05. The summed E-state index contributed by atoms with van der Waals surface area (Å²) in [5.41, 5.74) is 1.30. The number of aliphatic carboxylic acids is 1. The van der Waals surface area contributed by atoms with Crippen LogP contribution in [0.1, 0.15) is 37.7 Å². The van der Waals surface area contributed by atoms with E-state index in [0.717, 1.165) is 18.6 Å². The Balaban J connectivity index is 1.86. The summed E-state index contributed by atoms with van der Waals surface area (Å²) in [7, 11) is 0. The van der Waals surface area contributed by atoms with Crippen LogP contribution in [-0.2, 0) is 4.79 Å². The zero-order valence-electron chi connectivity index (χ0n) is 10.1. The SMILES string of the molecule is CCOc1ccc(C2CC(CC(=O)O)C2)cc1. The van der Waals surface area contributed by atoms with Crippen LogP contribution in [0.5, 0.6) is 5.75 Å². The lowest BCUT2D eigenvalue weighted by molar-refractivity contribution is -0.138. The molecule has 2 rings (SSSR count). The van der Waals surface area contributed by atoms with Gasteiger partial charge in [-0.05, 0) is 49.3 Å². The number of benzene rings is 1. The molecule has 1 aliphatic carbocycles.